The van der Waals surface area contributed by atoms with Crippen molar-refractivity contribution in [1.29, 1.82) is 0 Å². The van der Waals surface area contributed by atoms with Crippen LogP contribution < -0.4 is 4.74 Å². The Balaban J connectivity index is 1.67. The van der Waals surface area contributed by atoms with Crippen molar-refractivity contribution in [3.63, 3.8) is 0 Å². The fourth-order valence-corrected chi connectivity index (χ4v) is 4.85. The molecule has 1 aliphatic heterocycles. The van der Waals surface area contributed by atoms with Crippen LogP contribution >= 0.6 is 0 Å². The highest BCUT2D eigenvalue weighted by Gasteiger charge is 2.46. The first-order chi connectivity index (χ1) is 19.2. The summed E-state index contributed by atoms with van der Waals surface area (Å²) in [5.74, 6) is -0.471. The summed E-state index contributed by atoms with van der Waals surface area (Å²) in [7, 11) is 0. The van der Waals surface area contributed by atoms with Gasteiger partial charge in [-0.05, 0) is 35.4 Å². The third-order valence-corrected chi connectivity index (χ3v) is 7.04. The van der Waals surface area contributed by atoms with Gasteiger partial charge in [0.2, 0.25) is 12.2 Å². The lowest BCUT2D eigenvalue weighted by Gasteiger charge is -2.38. The topological polar surface area (TPSA) is 134 Å². The summed E-state index contributed by atoms with van der Waals surface area (Å²) in [6, 6.07) is 17.5. The van der Waals surface area contributed by atoms with Gasteiger partial charge in [0.05, 0.1) is 18.8 Å². The van der Waals surface area contributed by atoms with E-state index in [9.17, 15) is 24.5 Å². The van der Waals surface area contributed by atoms with Crippen molar-refractivity contribution in [2.24, 2.45) is 0 Å². The minimum atomic E-state index is -1.96. The van der Waals surface area contributed by atoms with Crippen molar-refractivity contribution >= 4 is 5.97 Å². The predicted octanol–water partition coefficient (Wildman–Crippen LogP) is 3.21. The molecular weight excluding hydrogens is 519 g/mol. The Morgan fingerprint density at radius 1 is 1.05 bits per heavy atom. The van der Waals surface area contributed by atoms with Crippen LogP contribution in [0.15, 0.2) is 54.6 Å². The average molecular weight is 557 g/mol. The van der Waals surface area contributed by atoms with Crippen LogP contribution in [0.2, 0.25) is 0 Å². The van der Waals surface area contributed by atoms with Gasteiger partial charge in [0.25, 0.3) is 0 Å². The summed E-state index contributed by atoms with van der Waals surface area (Å²) < 4.78 is 27.8. The van der Waals surface area contributed by atoms with Crippen LogP contribution in [-0.2, 0) is 28.9 Å². The number of ether oxygens (including phenoxy) is 2. The Bertz CT molecular complexity index is 1250. The molecule has 0 amide bonds. The van der Waals surface area contributed by atoms with Gasteiger partial charge in [-0.2, -0.15) is 5.10 Å². The van der Waals surface area contributed by atoms with E-state index in [-0.39, 0.29) is 12.3 Å². The Hall–Kier alpha value is -3.31. The first-order valence-corrected chi connectivity index (χ1v) is 13.5. The van der Waals surface area contributed by atoms with Gasteiger partial charge in [0.15, 0.2) is 6.17 Å². The molecule has 2 unspecified atom stereocenters. The Morgan fingerprint density at radius 2 is 1.73 bits per heavy atom. The Kier molecular flexibility index (Phi) is 9.91. The van der Waals surface area contributed by atoms with Crippen LogP contribution in [-0.4, -0.2) is 73.6 Å². The number of alkyl halides is 1. The number of halogens is 1. The molecule has 40 heavy (non-hydrogen) atoms. The van der Waals surface area contributed by atoms with E-state index in [2.05, 4.69) is 0 Å². The van der Waals surface area contributed by atoms with Gasteiger partial charge >= 0.3 is 5.97 Å². The number of aliphatic hydroxyl groups is 3. The first-order valence-electron chi connectivity index (χ1n) is 13.5. The van der Waals surface area contributed by atoms with Gasteiger partial charge in [-0.25, -0.2) is 9.07 Å². The highest BCUT2D eigenvalue weighted by molar-refractivity contribution is 5.66. The molecule has 0 spiro atoms. The number of hydrogen-bond donors (Lipinski definition) is 4. The summed E-state index contributed by atoms with van der Waals surface area (Å²) in [5.41, 5.74) is 4.51. The van der Waals surface area contributed by atoms with Crippen LogP contribution in [0.1, 0.15) is 60.6 Å². The lowest BCUT2D eigenvalue weighted by atomic mass is 9.98. The van der Waals surface area contributed by atoms with Crippen LogP contribution in [0.4, 0.5) is 4.39 Å². The van der Waals surface area contributed by atoms with E-state index in [0.717, 1.165) is 27.9 Å². The summed E-state index contributed by atoms with van der Waals surface area (Å²) in [5, 5.41) is 44.2. The number of carboxylic acids is 1. The number of aliphatic hydroxyl groups excluding tert-OH is 3. The van der Waals surface area contributed by atoms with Crippen LogP contribution in [0.25, 0.3) is 0 Å². The fourth-order valence-electron chi connectivity index (χ4n) is 4.85. The van der Waals surface area contributed by atoms with Crippen molar-refractivity contribution in [2.75, 3.05) is 6.61 Å². The van der Waals surface area contributed by atoms with E-state index in [1.807, 2.05) is 68.4 Å². The first kappa shape index (κ1) is 29.7. The lowest BCUT2D eigenvalue weighted by Crippen LogP contribution is -2.58. The van der Waals surface area contributed by atoms with Gasteiger partial charge < -0.3 is 29.9 Å². The van der Waals surface area contributed by atoms with E-state index >= 15 is 0 Å². The summed E-state index contributed by atoms with van der Waals surface area (Å²) in [6.45, 7) is 3.70. The number of nitrogens with zero attached hydrogens (tertiary/aromatic N) is 2. The van der Waals surface area contributed by atoms with Crippen LogP contribution in [0.5, 0.6) is 5.88 Å². The summed E-state index contributed by atoms with van der Waals surface area (Å²) in [4.78, 5) is 10.8. The molecule has 0 saturated carbocycles. The number of aryl methyl sites for hydroxylation is 1. The number of aromatic nitrogens is 2. The van der Waals surface area contributed by atoms with Gasteiger partial charge in [0, 0.05) is 18.4 Å². The molecule has 216 valence electrons. The summed E-state index contributed by atoms with van der Waals surface area (Å²) in [6.07, 6.45) is -6.45. The molecule has 1 aromatic heterocycles. The zero-order valence-electron chi connectivity index (χ0n) is 22.7. The number of aliphatic carboxylic acids is 1. The lowest BCUT2D eigenvalue weighted by molar-refractivity contribution is -0.266. The SMILES string of the molecule is CC(C)c1nn(Cc2ccccc2)c(OC2O[C@H](CO)[C@@H](F)C(O)[C@H]2O)c1Cc1ccc(CCCC(=O)O)cc1. The number of carboxylic acid groups (broad SMARTS) is 1. The third kappa shape index (κ3) is 7.06. The quantitative estimate of drug-likeness (QED) is 0.267. The standard InChI is InChI=1S/C30H37FN2O7/c1-18(2)26-22(15-20-13-11-19(12-14-20)9-6-10-24(35)36)29(33(32-26)16-21-7-4-3-5-8-21)40-30-28(38)27(37)25(31)23(17-34)39-30/h3-5,7-8,11-14,18,23,25,27-28,30,34,37-38H,6,9-10,15-17H2,1-2H3,(H,35,36)/t23-,25-,27?,28-,30?/m1/s1. The molecule has 0 radical (unpaired) electrons. The second-order valence-corrected chi connectivity index (χ2v) is 10.5. The minimum absolute atomic E-state index is 0.0212. The molecule has 1 fully saturated rings. The third-order valence-electron chi connectivity index (χ3n) is 7.04. The molecule has 1 saturated heterocycles. The van der Waals surface area contributed by atoms with Crippen molar-refractivity contribution in [1.82, 2.24) is 9.78 Å². The molecular formula is C30H37FN2O7. The van der Waals surface area contributed by atoms with E-state index < -0.39 is 43.3 Å². The normalized spacial score (nSPS) is 22.9. The van der Waals surface area contributed by atoms with Crippen LogP contribution in [0.3, 0.4) is 0 Å². The second-order valence-electron chi connectivity index (χ2n) is 10.5. The number of carbonyl (C=O) groups is 1. The van der Waals surface area contributed by atoms with Crippen molar-refractivity contribution < 1.29 is 39.1 Å². The number of rotatable bonds is 12. The molecule has 9 nitrogen and oxygen atoms in total. The Labute approximate surface area is 232 Å². The maximum Gasteiger partial charge on any atom is 0.303 e. The smallest absolute Gasteiger partial charge is 0.303 e. The monoisotopic (exact) mass is 556 g/mol. The predicted molar refractivity (Wildman–Crippen MR) is 145 cm³/mol. The zero-order chi connectivity index (χ0) is 28.8. The average Bonchev–Trinajstić information content (AvgIpc) is 3.26. The van der Waals surface area contributed by atoms with Crippen molar-refractivity contribution in [3.05, 3.63) is 82.5 Å². The molecule has 5 atom stereocenters. The molecule has 0 bridgehead atoms. The van der Waals surface area contributed by atoms with E-state index in [1.54, 1.807) is 4.68 Å². The van der Waals surface area contributed by atoms with Crippen LogP contribution in [0, 0.1) is 0 Å². The second kappa shape index (κ2) is 13.4. The largest absolute Gasteiger partial charge is 0.481 e. The highest BCUT2D eigenvalue weighted by Crippen LogP contribution is 2.34. The summed E-state index contributed by atoms with van der Waals surface area (Å²) >= 11 is 0. The van der Waals surface area contributed by atoms with E-state index in [0.29, 0.717) is 31.7 Å². The molecule has 2 aromatic carbocycles. The van der Waals surface area contributed by atoms with Gasteiger partial charge in [0.1, 0.15) is 18.3 Å². The maximum atomic E-state index is 14.4. The number of benzene rings is 2. The van der Waals surface area contributed by atoms with Crippen molar-refractivity contribution in [2.45, 2.75) is 82.8 Å². The van der Waals surface area contributed by atoms with Gasteiger partial charge in [-0.1, -0.05) is 68.4 Å². The Morgan fingerprint density at radius 3 is 2.35 bits per heavy atom. The minimum Gasteiger partial charge on any atom is -0.481 e. The molecule has 2 heterocycles. The fraction of sp³-hybridized carbons (Fsp3) is 0.467. The zero-order valence-corrected chi connectivity index (χ0v) is 22.7. The molecule has 0 aliphatic carbocycles. The molecule has 1 aliphatic rings. The van der Waals surface area contributed by atoms with Crippen molar-refractivity contribution in [3.8, 4) is 5.88 Å². The van der Waals surface area contributed by atoms with Gasteiger partial charge in [-0.3, -0.25) is 4.79 Å². The molecule has 10 heteroatoms. The molecule has 3 aromatic rings. The molecule has 4 rings (SSSR count). The van der Waals surface area contributed by atoms with Gasteiger partial charge in [-0.15, -0.1) is 0 Å². The molecule has 4 N–H and O–H groups in total. The number of hydrogen-bond acceptors (Lipinski definition) is 7. The van der Waals surface area contributed by atoms with E-state index in [1.165, 1.54) is 0 Å². The van der Waals surface area contributed by atoms with E-state index in [4.69, 9.17) is 19.7 Å². The maximum absolute atomic E-state index is 14.4. The highest BCUT2D eigenvalue weighted by atomic mass is 19.1.